The van der Waals surface area contributed by atoms with Crippen LogP contribution in [0.4, 0.5) is 5.69 Å². The van der Waals surface area contributed by atoms with Gasteiger partial charge in [-0.2, -0.15) is 5.26 Å². The molecule has 0 unspecified atom stereocenters. The first-order chi connectivity index (χ1) is 7.70. The first-order valence-corrected chi connectivity index (χ1v) is 5.22. The van der Waals surface area contributed by atoms with Gasteiger partial charge in [-0.3, -0.25) is 0 Å². The molecule has 0 aliphatic heterocycles. The van der Waals surface area contributed by atoms with Crippen molar-refractivity contribution < 1.29 is 0 Å². The molecule has 0 saturated heterocycles. The minimum atomic E-state index is 0.540. The lowest BCUT2D eigenvalue weighted by Gasteiger charge is -2.03. The molecule has 2 rings (SSSR count). The van der Waals surface area contributed by atoms with Gasteiger partial charge in [-0.05, 0) is 40.4 Å². The molecule has 1 aromatic heterocycles. The molecule has 16 heavy (non-hydrogen) atoms. The Morgan fingerprint density at radius 3 is 2.88 bits per heavy atom. The van der Waals surface area contributed by atoms with E-state index in [1.54, 1.807) is 29.9 Å². The molecular formula is C9H8N6S. The summed E-state index contributed by atoms with van der Waals surface area (Å²) in [5.41, 5.74) is 6.90. The molecule has 0 radical (unpaired) electrons. The average molecular weight is 232 g/mol. The van der Waals surface area contributed by atoms with Crippen molar-refractivity contribution >= 4 is 17.4 Å². The molecule has 2 N–H and O–H groups in total. The van der Waals surface area contributed by atoms with Crippen LogP contribution in [-0.4, -0.2) is 20.2 Å². The Bertz CT molecular complexity index is 555. The third-order valence-corrected chi connectivity index (χ3v) is 3.04. The number of tetrazole rings is 1. The summed E-state index contributed by atoms with van der Waals surface area (Å²) in [4.78, 5) is 0.830. The fourth-order valence-electron chi connectivity index (χ4n) is 1.12. The largest absolute Gasteiger partial charge is 0.398 e. The molecule has 6 nitrogen and oxygen atoms in total. The van der Waals surface area contributed by atoms with Crippen LogP contribution in [0.5, 0.6) is 0 Å². The van der Waals surface area contributed by atoms with Gasteiger partial charge < -0.3 is 5.73 Å². The normalized spacial score (nSPS) is 10.0. The summed E-state index contributed by atoms with van der Waals surface area (Å²) >= 11 is 1.36. The maximum atomic E-state index is 8.70. The van der Waals surface area contributed by atoms with E-state index in [0.717, 1.165) is 4.90 Å². The van der Waals surface area contributed by atoms with Crippen LogP contribution in [0.25, 0.3) is 0 Å². The molecule has 1 heterocycles. The average Bonchev–Trinajstić information content (AvgIpc) is 2.67. The van der Waals surface area contributed by atoms with Crippen LogP contribution >= 0.6 is 11.8 Å². The zero-order chi connectivity index (χ0) is 11.5. The van der Waals surface area contributed by atoms with E-state index in [1.807, 2.05) is 6.07 Å². The Labute approximate surface area is 96.1 Å². The molecule has 0 aliphatic carbocycles. The van der Waals surface area contributed by atoms with Gasteiger partial charge in [0.15, 0.2) is 0 Å². The van der Waals surface area contributed by atoms with E-state index in [1.165, 1.54) is 11.8 Å². The lowest BCUT2D eigenvalue weighted by atomic mass is 10.2. The van der Waals surface area contributed by atoms with E-state index < -0.39 is 0 Å². The number of aryl methyl sites for hydroxylation is 1. The summed E-state index contributed by atoms with van der Waals surface area (Å²) < 4.78 is 1.56. The number of nitriles is 1. The summed E-state index contributed by atoms with van der Waals surface area (Å²) in [7, 11) is 1.75. The molecule has 0 atom stereocenters. The first-order valence-electron chi connectivity index (χ1n) is 4.40. The maximum absolute atomic E-state index is 8.70. The van der Waals surface area contributed by atoms with Gasteiger partial charge in [0.1, 0.15) is 0 Å². The molecule has 0 bridgehead atoms. The van der Waals surface area contributed by atoms with Gasteiger partial charge in [0.25, 0.3) is 0 Å². The summed E-state index contributed by atoms with van der Waals surface area (Å²) in [5.74, 6) is 0. The number of hydrogen-bond acceptors (Lipinski definition) is 6. The fourth-order valence-corrected chi connectivity index (χ4v) is 1.87. The van der Waals surface area contributed by atoms with Crippen molar-refractivity contribution in [1.82, 2.24) is 20.2 Å². The van der Waals surface area contributed by atoms with Gasteiger partial charge in [-0.15, -0.1) is 5.10 Å². The molecule has 7 heteroatoms. The van der Waals surface area contributed by atoms with E-state index >= 15 is 0 Å². The van der Waals surface area contributed by atoms with Crippen molar-refractivity contribution in [1.29, 1.82) is 5.26 Å². The Hall–Kier alpha value is -2.07. The van der Waals surface area contributed by atoms with E-state index in [4.69, 9.17) is 11.0 Å². The number of nitrogen functional groups attached to an aromatic ring is 1. The lowest BCUT2D eigenvalue weighted by molar-refractivity contribution is 0.664. The van der Waals surface area contributed by atoms with Gasteiger partial charge in [0.05, 0.1) is 11.6 Å². The van der Waals surface area contributed by atoms with Crippen LogP contribution in [0, 0.1) is 11.3 Å². The Morgan fingerprint density at radius 2 is 2.31 bits per heavy atom. The summed E-state index contributed by atoms with van der Waals surface area (Å²) in [5, 5.41) is 20.4. The minimum Gasteiger partial charge on any atom is -0.398 e. The standard InChI is InChI=1S/C9H8N6S/c1-15-9(12-13-14-15)16-8-3-2-6(5-10)4-7(8)11/h2-4H,11H2,1H3. The molecular weight excluding hydrogens is 224 g/mol. The van der Waals surface area contributed by atoms with E-state index in [9.17, 15) is 0 Å². The molecule has 0 fully saturated rings. The second-order valence-corrected chi connectivity index (χ2v) is 4.06. The minimum absolute atomic E-state index is 0.540. The molecule has 0 saturated carbocycles. The number of rotatable bonds is 2. The Morgan fingerprint density at radius 1 is 1.50 bits per heavy atom. The number of anilines is 1. The number of nitrogens with zero attached hydrogens (tertiary/aromatic N) is 5. The van der Waals surface area contributed by atoms with Crippen molar-refractivity contribution in [2.75, 3.05) is 5.73 Å². The second-order valence-electron chi connectivity index (χ2n) is 3.05. The molecule has 0 spiro atoms. The summed E-state index contributed by atoms with van der Waals surface area (Å²) in [6.45, 7) is 0. The summed E-state index contributed by atoms with van der Waals surface area (Å²) in [6.07, 6.45) is 0. The first kappa shape index (κ1) is 10.4. The zero-order valence-electron chi connectivity index (χ0n) is 8.45. The van der Waals surface area contributed by atoms with E-state index in [0.29, 0.717) is 16.4 Å². The van der Waals surface area contributed by atoms with E-state index in [-0.39, 0.29) is 0 Å². The quantitative estimate of drug-likeness (QED) is 0.770. The van der Waals surface area contributed by atoms with Crippen LogP contribution < -0.4 is 5.73 Å². The van der Waals surface area contributed by atoms with Gasteiger partial charge in [-0.25, -0.2) is 4.68 Å². The topological polar surface area (TPSA) is 93.4 Å². The predicted octanol–water partition coefficient (Wildman–Crippen LogP) is 0.815. The van der Waals surface area contributed by atoms with Crippen molar-refractivity contribution in [3.05, 3.63) is 23.8 Å². The highest BCUT2D eigenvalue weighted by atomic mass is 32.2. The monoisotopic (exact) mass is 232 g/mol. The molecule has 0 amide bonds. The number of aromatic nitrogens is 4. The van der Waals surface area contributed by atoms with Crippen LogP contribution in [0.15, 0.2) is 28.3 Å². The second kappa shape index (κ2) is 4.20. The van der Waals surface area contributed by atoms with Crippen LogP contribution in [0.1, 0.15) is 5.56 Å². The smallest absolute Gasteiger partial charge is 0.213 e. The highest BCUT2D eigenvalue weighted by Gasteiger charge is 2.08. The summed E-state index contributed by atoms with van der Waals surface area (Å²) in [6, 6.07) is 7.16. The van der Waals surface area contributed by atoms with Crippen molar-refractivity contribution in [2.24, 2.45) is 7.05 Å². The molecule has 2 aromatic rings. The van der Waals surface area contributed by atoms with Crippen LogP contribution in [-0.2, 0) is 7.05 Å². The Kier molecular flexibility index (Phi) is 2.74. The Balaban J connectivity index is 2.30. The predicted molar refractivity (Wildman–Crippen MR) is 58.5 cm³/mol. The van der Waals surface area contributed by atoms with Crippen molar-refractivity contribution in [3.8, 4) is 6.07 Å². The SMILES string of the molecule is Cn1nnnc1Sc1ccc(C#N)cc1N. The maximum Gasteiger partial charge on any atom is 0.213 e. The fraction of sp³-hybridized carbons (Fsp3) is 0.111. The number of benzene rings is 1. The third-order valence-electron chi connectivity index (χ3n) is 1.92. The van der Waals surface area contributed by atoms with Gasteiger partial charge in [-0.1, -0.05) is 0 Å². The van der Waals surface area contributed by atoms with Gasteiger partial charge in [0, 0.05) is 17.6 Å². The zero-order valence-corrected chi connectivity index (χ0v) is 9.27. The highest BCUT2D eigenvalue weighted by molar-refractivity contribution is 7.99. The molecule has 0 aliphatic rings. The molecule has 1 aromatic carbocycles. The number of nitrogens with two attached hydrogens (primary N) is 1. The highest BCUT2D eigenvalue weighted by Crippen LogP contribution is 2.30. The van der Waals surface area contributed by atoms with Crippen LogP contribution in [0.2, 0.25) is 0 Å². The van der Waals surface area contributed by atoms with E-state index in [2.05, 4.69) is 15.5 Å². The molecule has 80 valence electrons. The van der Waals surface area contributed by atoms with Gasteiger partial charge >= 0.3 is 0 Å². The lowest BCUT2D eigenvalue weighted by Crippen LogP contribution is -1.94. The van der Waals surface area contributed by atoms with Crippen molar-refractivity contribution in [2.45, 2.75) is 10.1 Å². The third kappa shape index (κ3) is 1.97. The van der Waals surface area contributed by atoms with Gasteiger partial charge in [0.2, 0.25) is 5.16 Å². The van der Waals surface area contributed by atoms with Crippen LogP contribution in [0.3, 0.4) is 0 Å². The number of hydrogen-bond donors (Lipinski definition) is 1. The van der Waals surface area contributed by atoms with Crippen molar-refractivity contribution in [3.63, 3.8) is 0 Å².